The summed E-state index contributed by atoms with van der Waals surface area (Å²) < 4.78 is 0. The highest BCUT2D eigenvalue weighted by Crippen LogP contribution is 2.22. The van der Waals surface area contributed by atoms with E-state index in [4.69, 9.17) is 5.11 Å². The summed E-state index contributed by atoms with van der Waals surface area (Å²) in [6.45, 7) is 3.29. The second-order valence-corrected chi connectivity index (χ2v) is 4.99. The van der Waals surface area contributed by atoms with Crippen molar-refractivity contribution >= 4 is 11.7 Å². The van der Waals surface area contributed by atoms with Crippen LogP contribution in [0.4, 0.5) is 10.5 Å². The number of urea groups is 1. The minimum atomic E-state index is -0.695. The molecule has 0 aromatic carbocycles. The number of amides is 2. The van der Waals surface area contributed by atoms with E-state index in [-0.39, 0.29) is 6.61 Å². The number of carbonyl (C=O) groups excluding carboxylic acids is 1. The average Bonchev–Trinajstić information content (AvgIpc) is 2.87. The molecule has 0 spiro atoms. The number of aliphatic hydroxyl groups excluding tert-OH is 1. The van der Waals surface area contributed by atoms with Crippen molar-refractivity contribution in [2.75, 3.05) is 11.9 Å². The number of anilines is 1. The fourth-order valence-electron chi connectivity index (χ4n) is 1.59. The van der Waals surface area contributed by atoms with Gasteiger partial charge in [-0.2, -0.15) is 5.10 Å². The second kappa shape index (κ2) is 5.70. The van der Waals surface area contributed by atoms with E-state index < -0.39 is 11.6 Å². The van der Waals surface area contributed by atoms with Crippen LogP contribution in [0.15, 0.2) is 30.6 Å². The van der Waals surface area contributed by atoms with Crippen molar-refractivity contribution in [2.45, 2.75) is 19.4 Å². The summed E-state index contributed by atoms with van der Waals surface area (Å²) in [6, 6.07) is 5.06. The Bertz CT molecular complexity index is 579. The summed E-state index contributed by atoms with van der Waals surface area (Å²) >= 11 is 0. The highest BCUT2D eigenvalue weighted by molar-refractivity contribution is 5.93. The van der Waals surface area contributed by atoms with Gasteiger partial charge >= 0.3 is 6.03 Å². The van der Waals surface area contributed by atoms with Crippen LogP contribution < -0.4 is 10.6 Å². The molecule has 0 aliphatic rings. The molecule has 7 nitrogen and oxygen atoms in total. The smallest absolute Gasteiger partial charge is 0.319 e. The number of nitrogens with zero attached hydrogens (tertiary/aromatic N) is 2. The van der Waals surface area contributed by atoms with Crippen LogP contribution in [0.5, 0.6) is 0 Å². The first-order chi connectivity index (χ1) is 9.52. The maximum Gasteiger partial charge on any atom is 0.319 e. The standard InChI is InChI=1S/C13H17N5O2/c1-13(2,8-19)17-12(20)16-10-7-15-18-11(10)9-5-3-4-6-14-9/h3-7,19H,8H2,1-2H3,(H,15,18)(H2,16,17,20). The summed E-state index contributed by atoms with van der Waals surface area (Å²) in [5, 5.41) is 21.2. The van der Waals surface area contributed by atoms with E-state index in [0.29, 0.717) is 17.1 Å². The Kier molecular flexibility index (Phi) is 3.99. The summed E-state index contributed by atoms with van der Waals surface area (Å²) in [5.41, 5.74) is 1.14. The van der Waals surface area contributed by atoms with Gasteiger partial charge in [-0.05, 0) is 26.0 Å². The zero-order valence-corrected chi connectivity index (χ0v) is 11.3. The molecule has 0 saturated heterocycles. The van der Waals surface area contributed by atoms with Crippen LogP contribution in [0.25, 0.3) is 11.4 Å². The molecule has 2 rings (SSSR count). The van der Waals surface area contributed by atoms with Gasteiger partial charge in [0, 0.05) is 6.20 Å². The molecule has 4 N–H and O–H groups in total. The lowest BCUT2D eigenvalue weighted by atomic mass is 10.1. The van der Waals surface area contributed by atoms with Crippen molar-refractivity contribution in [1.82, 2.24) is 20.5 Å². The number of H-pyrrole nitrogens is 1. The normalized spacial score (nSPS) is 11.2. The van der Waals surface area contributed by atoms with E-state index in [1.807, 2.05) is 18.2 Å². The van der Waals surface area contributed by atoms with Gasteiger partial charge in [0.15, 0.2) is 0 Å². The zero-order valence-electron chi connectivity index (χ0n) is 11.3. The lowest BCUT2D eigenvalue weighted by Crippen LogP contribution is -2.48. The number of nitrogens with one attached hydrogen (secondary N) is 3. The van der Waals surface area contributed by atoms with Gasteiger partial charge in [0.25, 0.3) is 0 Å². The van der Waals surface area contributed by atoms with Gasteiger partial charge < -0.3 is 15.7 Å². The molecule has 0 aliphatic carbocycles. The van der Waals surface area contributed by atoms with Crippen LogP contribution in [-0.4, -0.2) is 38.5 Å². The number of hydrogen-bond donors (Lipinski definition) is 4. The lowest BCUT2D eigenvalue weighted by Gasteiger charge is -2.23. The summed E-state index contributed by atoms with van der Waals surface area (Å²) in [4.78, 5) is 16.1. The fourth-order valence-corrected chi connectivity index (χ4v) is 1.59. The molecule has 0 aliphatic heterocycles. The first-order valence-corrected chi connectivity index (χ1v) is 6.16. The molecule has 7 heteroatoms. The van der Waals surface area contributed by atoms with Crippen LogP contribution in [0, 0.1) is 0 Å². The van der Waals surface area contributed by atoms with Crippen molar-refractivity contribution in [3.63, 3.8) is 0 Å². The Hall–Kier alpha value is -2.41. The molecule has 0 fully saturated rings. The molecule has 0 saturated carbocycles. The molecule has 0 radical (unpaired) electrons. The molecule has 0 bridgehead atoms. The minimum Gasteiger partial charge on any atom is -0.394 e. The third-order valence-electron chi connectivity index (χ3n) is 2.66. The number of rotatable bonds is 4. The Morgan fingerprint density at radius 1 is 1.45 bits per heavy atom. The number of hydrogen-bond acceptors (Lipinski definition) is 4. The van der Waals surface area contributed by atoms with E-state index >= 15 is 0 Å². The Morgan fingerprint density at radius 2 is 2.25 bits per heavy atom. The maximum absolute atomic E-state index is 11.9. The fraction of sp³-hybridized carbons (Fsp3) is 0.308. The van der Waals surface area contributed by atoms with E-state index in [1.54, 1.807) is 20.0 Å². The largest absolute Gasteiger partial charge is 0.394 e. The van der Waals surface area contributed by atoms with Crippen LogP contribution in [-0.2, 0) is 0 Å². The van der Waals surface area contributed by atoms with Gasteiger partial charge in [0.05, 0.1) is 29.7 Å². The van der Waals surface area contributed by atoms with Crippen molar-refractivity contribution in [3.05, 3.63) is 30.6 Å². The molecule has 2 heterocycles. The Morgan fingerprint density at radius 3 is 2.90 bits per heavy atom. The van der Waals surface area contributed by atoms with E-state index in [2.05, 4.69) is 25.8 Å². The van der Waals surface area contributed by atoms with Crippen LogP contribution in [0.2, 0.25) is 0 Å². The van der Waals surface area contributed by atoms with Gasteiger partial charge in [-0.1, -0.05) is 6.07 Å². The predicted octanol–water partition coefficient (Wildman–Crippen LogP) is 1.36. The molecule has 2 aromatic heterocycles. The molecule has 106 valence electrons. The molecule has 0 atom stereocenters. The number of aliphatic hydroxyl groups is 1. The van der Waals surface area contributed by atoms with Gasteiger partial charge in [0.2, 0.25) is 0 Å². The Labute approximate surface area is 116 Å². The van der Waals surface area contributed by atoms with E-state index in [0.717, 1.165) is 0 Å². The number of aromatic nitrogens is 3. The molecular formula is C13H17N5O2. The molecule has 2 amide bonds. The Balaban J connectivity index is 2.12. The average molecular weight is 275 g/mol. The molecule has 20 heavy (non-hydrogen) atoms. The van der Waals surface area contributed by atoms with E-state index in [9.17, 15) is 4.79 Å². The molecule has 2 aromatic rings. The number of pyridine rings is 1. The SMILES string of the molecule is CC(C)(CO)NC(=O)Nc1cn[nH]c1-c1ccccn1. The van der Waals surface area contributed by atoms with Gasteiger partial charge in [-0.15, -0.1) is 0 Å². The monoisotopic (exact) mass is 275 g/mol. The maximum atomic E-state index is 11.9. The van der Waals surface area contributed by atoms with Crippen molar-refractivity contribution in [1.29, 1.82) is 0 Å². The predicted molar refractivity (Wildman–Crippen MR) is 75.1 cm³/mol. The minimum absolute atomic E-state index is 0.154. The first kappa shape index (κ1) is 14.0. The zero-order chi connectivity index (χ0) is 14.6. The number of carbonyl (C=O) groups is 1. The number of aromatic amines is 1. The van der Waals surface area contributed by atoms with Gasteiger partial charge in [0.1, 0.15) is 5.69 Å². The second-order valence-electron chi connectivity index (χ2n) is 4.99. The third kappa shape index (κ3) is 3.33. The first-order valence-electron chi connectivity index (χ1n) is 6.16. The van der Waals surface area contributed by atoms with Crippen molar-refractivity contribution < 1.29 is 9.90 Å². The summed E-state index contributed by atoms with van der Waals surface area (Å²) in [5.74, 6) is 0. The van der Waals surface area contributed by atoms with Crippen molar-refractivity contribution in [2.24, 2.45) is 0 Å². The summed E-state index contributed by atoms with van der Waals surface area (Å²) in [6.07, 6.45) is 3.17. The van der Waals surface area contributed by atoms with E-state index in [1.165, 1.54) is 6.20 Å². The highest BCUT2D eigenvalue weighted by Gasteiger charge is 2.20. The molecular weight excluding hydrogens is 258 g/mol. The van der Waals surface area contributed by atoms with Gasteiger partial charge in [-0.3, -0.25) is 10.1 Å². The van der Waals surface area contributed by atoms with Gasteiger partial charge in [-0.25, -0.2) is 4.79 Å². The summed E-state index contributed by atoms with van der Waals surface area (Å²) in [7, 11) is 0. The van der Waals surface area contributed by atoms with Crippen molar-refractivity contribution in [3.8, 4) is 11.4 Å². The molecule has 0 unspecified atom stereocenters. The topological polar surface area (TPSA) is 103 Å². The highest BCUT2D eigenvalue weighted by atomic mass is 16.3. The third-order valence-corrected chi connectivity index (χ3v) is 2.66. The van der Waals surface area contributed by atoms with Crippen LogP contribution in [0.1, 0.15) is 13.8 Å². The van der Waals surface area contributed by atoms with Crippen LogP contribution >= 0.6 is 0 Å². The lowest BCUT2D eigenvalue weighted by molar-refractivity contribution is 0.187. The quantitative estimate of drug-likeness (QED) is 0.676. The van der Waals surface area contributed by atoms with Crippen LogP contribution in [0.3, 0.4) is 0 Å².